The molecule has 0 bridgehead atoms. The second kappa shape index (κ2) is 36.2. The molecule has 16 nitrogen and oxygen atoms in total. The zero-order chi connectivity index (χ0) is 86.9. The van der Waals surface area contributed by atoms with Crippen molar-refractivity contribution in [2.24, 2.45) is 0 Å². The number of benzene rings is 16. The molecule has 0 amide bonds. The van der Waals surface area contributed by atoms with Gasteiger partial charge in [0.05, 0.1) is 85.6 Å². The van der Waals surface area contributed by atoms with Gasteiger partial charge < -0.3 is 0 Å². The van der Waals surface area contributed by atoms with Crippen molar-refractivity contribution in [2.45, 2.75) is 66.2 Å². The van der Waals surface area contributed by atoms with Crippen molar-refractivity contribution >= 4 is 159 Å². The minimum Gasteiger partial charge on any atom is -0.268 e. The number of aryl methyl sites for hydroxylation is 4. The minimum absolute atomic E-state index is 0.0727. The van der Waals surface area contributed by atoms with E-state index in [2.05, 4.69) is 156 Å². The molecule has 0 saturated heterocycles. The van der Waals surface area contributed by atoms with Crippen LogP contribution in [0.4, 0.5) is 5.69 Å². The monoisotopic (exact) mass is 1630 g/mol. The molecule has 0 unspecified atom stereocenters. The fourth-order valence-corrected chi connectivity index (χ4v) is 16.5. The van der Waals surface area contributed by atoms with E-state index < -0.39 is 0 Å². The molecule has 8 heterocycles. The van der Waals surface area contributed by atoms with Gasteiger partial charge >= 0.3 is 0 Å². The first-order valence-electron chi connectivity index (χ1n) is 41.8. The Morgan fingerprint density at radius 3 is 0.873 bits per heavy atom. The molecule has 0 atom stereocenters. The van der Waals surface area contributed by atoms with Crippen LogP contribution in [0.2, 0.25) is 0 Å². The van der Waals surface area contributed by atoms with E-state index >= 15 is 0 Å². The third-order valence-corrected chi connectivity index (χ3v) is 22.6. The van der Waals surface area contributed by atoms with Gasteiger partial charge in [0.15, 0.2) is 5.69 Å². The Balaban J connectivity index is 0.000000106. The molecular weight excluding hydrogens is 1550 g/mol. The summed E-state index contributed by atoms with van der Waals surface area (Å²) in [6.45, 7) is 15.8. The highest BCUT2D eigenvalue weighted by atomic mass is 16.1. The third kappa shape index (κ3) is 15.9. The topological polar surface area (TPSA) is 213 Å². The van der Waals surface area contributed by atoms with E-state index in [1.54, 1.807) is 90.4 Å². The van der Waals surface area contributed by atoms with Crippen LogP contribution in [0.15, 0.2) is 359 Å². The van der Waals surface area contributed by atoms with E-state index in [1.807, 2.05) is 182 Å². The lowest BCUT2D eigenvalue weighted by Gasteiger charge is -2.06. The second-order valence-electron chi connectivity index (χ2n) is 30.9. The summed E-state index contributed by atoms with van der Waals surface area (Å²) in [5.41, 5.74) is 15.5. The van der Waals surface area contributed by atoms with Crippen LogP contribution in [0.25, 0.3) is 158 Å². The Morgan fingerprint density at radius 1 is 0.294 bits per heavy atom. The van der Waals surface area contributed by atoms with Crippen molar-refractivity contribution in [1.29, 1.82) is 15.8 Å². The standard InChI is InChI=1S/4C19H9N3O.2C10H14.2C7H8/c1-20-12-8-9-15-16(10-12)22-18(21-15)13-6-2-4-11-5-3-7-14(17(11)13)19(22)23;2*20-10-11-7-8-16-15(9-11)21-18-13-5-1-3-12-4-2-6-14(17(12)13)19(23)22(16)18;20-10-11-7-8-15-16(9-11)22-18(21-15)13-5-1-3-12-4-2-6-14(17(12)13)19(22)23;2*1-2-3-7-10-8-5-4-6-9-10;2*1-7-5-3-2-4-6-7/h2-10H;3*1-9H;2*4-6,8-9H,2-3,7H2,1H3;2*2-6H,1H3. The van der Waals surface area contributed by atoms with Crippen LogP contribution in [0, 0.1) is 54.4 Å². The minimum atomic E-state index is -0.0955. The number of rotatable bonds is 6. The predicted octanol–water partition coefficient (Wildman–Crippen LogP) is 24.6. The molecule has 24 rings (SSSR count). The lowest BCUT2D eigenvalue weighted by molar-refractivity contribution is 0.795. The Morgan fingerprint density at radius 2 is 0.571 bits per heavy atom. The lowest BCUT2D eigenvalue weighted by atomic mass is 10.0. The quantitative estimate of drug-likeness (QED) is 0.143. The summed E-state index contributed by atoms with van der Waals surface area (Å²) < 4.78 is 6.54. The van der Waals surface area contributed by atoms with Crippen LogP contribution < -0.4 is 22.2 Å². The Labute approximate surface area is 723 Å². The zero-order valence-corrected chi connectivity index (χ0v) is 69.6. The zero-order valence-electron chi connectivity index (χ0n) is 69.6. The fourth-order valence-electron chi connectivity index (χ4n) is 16.5. The van der Waals surface area contributed by atoms with Crippen LogP contribution >= 0.6 is 0 Å². The van der Waals surface area contributed by atoms with Crippen LogP contribution in [0.3, 0.4) is 0 Å². The first-order chi connectivity index (χ1) is 61.8. The van der Waals surface area contributed by atoms with E-state index in [-0.39, 0.29) is 22.2 Å². The average Bonchev–Trinajstić information content (AvgIpc) is 1.57. The van der Waals surface area contributed by atoms with Crippen molar-refractivity contribution in [1.82, 2.24) is 37.5 Å². The molecule has 0 aliphatic carbocycles. The predicted molar refractivity (Wildman–Crippen MR) is 514 cm³/mol. The summed E-state index contributed by atoms with van der Waals surface area (Å²) in [5, 5.41) is 41.7. The molecule has 16 aromatic carbocycles. The van der Waals surface area contributed by atoms with E-state index in [0.29, 0.717) is 88.6 Å². The summed E-state index contributed by atoms with van der Waals surface area (Å²) in [5.74, 6) is 0. The first kappa shape index (κ1) is 81.4. The van der Waals surface area contributed by atoms with Crippen molar-refractivity contribution < 1.29 is 0 Å². The van der Waals surface area contributed by atoms with Gasteiger partial charge in [-0.05, 0) is 163 Å². The third-order valence-electron chi connectivity index (χ3n) is 22.6. The highest BCUT2D eigenvalue weighted by Crippen LogP contribution is 2.35. The SMILES string of the molecule is CCCCc1ccccc1.CCCCc1ccccc1.Cc1ccccc1.Cc1ccccc1.N#Cc1ccc2c(c1)nc1c3cccc4cccc(c(=O)n21)c43.N#Cc1ccc2c(c1)nc1c3cccc4cccc(c(=O)n21)c43.N#Cc1ccc2nc3c4cccc5cccc(c(=O)n3c2c1)c54.[C-]#[N+]c1ccc2nc3c4cccc5cccc(c(=O)n3c2c1)c54. The van der Waals surface area contributed by atoms with E-state index in [9.17, 15) is 19.2 Å². The molecule has 0 aliphatic heterocycles. The van der Waals surface area contributed by atoms with Crippen LogP contribution in [-0.2, 0) is 12.8 Å². The number of aromatic nitrogens is 8. The van der Waals surface area contributed by atoms with Crippen LogP contribution in [-0.4, -0.2) is 37.5 Å². The number of nitriles is 3. The van der Waals surface area contributed by atoms with Crippen molar-refractivity contribution in [3.63, 3.8) is 0 Å². The summed E-state index contributed by atoms with van der Waals surface area (Å²) in [4.78, 5) is 74.0. The number of nitrogens with zero attached hydrogens (tertiary/aromatic N) is 12. The number of imidazole rings is 4. The van der Waals surface area contributed by atoms with Gasteiger partial charge in [-0.3, -0.25) is 36.8 Å². The van der Waals surface area contributed by atoms with E-state index in [1.165, 1.54) is 60.8 Å². The number of hydrogen-bond acceptors (Lipinski definition) is 11. The highest BCUT2D eigenvalue weighted by Gasteiger charge is 2.21. The molecule has 8 aromatic heterocycles. The molecule has 16 heteroatoms. The molecule has 0 aliphatic rings. The Bertz CT molecular complexity index is 8000. The molecule has 604 valence electrons. The smallest absolute Gasteiger partial charge is 0.264 e. The number of pyridine rings is 4. The van der Waals surface area contributed by atoms with E-state index in [4.69, 9.17) is 22.4 Å². The molecule has 126 heavy (non-hydrogen) atoms. The maximum absolute atomic E-state index is 13.0. The van der Waals surface area contributed by atoms with Gasteiger partial charge in [0.2, 0.25) is 0 Å². The number of hydrogen-bond donors (Lipinski definition) is 0. The number of unbranched alkanes of at least 4 members (excludes halogenated alkanes) is 2. The molecule has 24 aromatic rings. The van der Waals surface area contributed by atoms with Gasteiger partial charge in [0.1, 0.15) is 22.6 Å². The summed E-state index contributed by atoms with van der Waals surface area (Å²) in [7, 11) is 0. The largest absolute Gasteiger partial charge is 0.268 e. The van der Waals surface area contributed by atoms with Crippen LogP contribution in [0.1, 0.15) is 78.5 Å². The Kier molecular flexibility index (Phi) is 23.4. The van der Waals surface area contributed by atoms with Gasteiger partial charge in [0.25, 0.3) is 22.2 Å². The fraction of sp³-hybridized carbons (Fsp3) is 0.0909. The molecular formula is C110H80N12O4. The average molecular weight is 1630 g/mol. The van der Waals surface area contributed by atoms with Crippen LogP contribution in [0.5, 0.6) is 0 Å². The molecule has 0 saturated carbocycles. The first-order valence-corrected chi connectivity index (χ1v) is 41.8. The second-order valence-corrected chi connectivity index (χ2v) is 30.9. The molecule has 0 fully saturated rings. The summed E-state index contributed by atoms with van der Waals surface area (Å²) in [6.07, 6.45) is 7.66. The van der Waals surface area contributed by atoms with Gasteiger partial charge in [-0.15, -0.1) is 0 Å². The van der Waals surface area contributed by atoms with Gasteiger partial charge in [-0.25, -0.2) is 24.8 Å². The maximum atomic E-state index is 13.0. The summed E-state index contributed by atoms with van der Waals surface area (Å²) >= 11 is 0. The van der Waals surface area contributed by atoms with Gasteiger partial charge in [0, 0.05) is 64.6 Å². The van der Waals surface area contributed by atoms with Gasteiger partial charge in [-0.1, -0.05) is 287 Å². The van der Waals surface area contributed by atoms with Crippen molar-refractivity contribution in [3.8, 4) is 18.2 Å². The Hall–Kier alpha value is -16.9. The van der Waals surface area contributed by atoms with Crippen molar-refractivity contribution in [3.05, 3.63) is 431 Å². The molecule has 0 N–H and O–H groups in total. The maximum Gasteiger partial charge on any atom is 0.264 e. The lowest BCUT2D eigenvalue weighted by Crippen LogP contribution is -2.13. The van der Waals surface area contributed by atoms with Gasteiger partial charge in [-0.2, -0.15) is 15.8 Å². The summed E-state index contributed by atoms with van der Waals surface area (Å²) in [6, 6.07) is 116. The van der Waals surface area contributed by atoms with Crippen molar-refractivity contribution in [2.75, 3.05) is 0 Å². The molecule has 0 radical (unpaired) electrons. The highest BCUT2D eigenvalue weighted by molar-refractivity contribution is 6.19. The number of fused-ring (bicyclic) bond motifs is 16. The molecule has 0 spiro atoms. The normalized spacial score (nSPS) is 11.0. The van der Waals surface area contributed by atoms with E-state index in [0.717, 1.165) is 86.7 Å².